The lowest BCUT2D eigenvalue weighted by Gasteiger charge is -2.14. The summed E-state index contributed by atoms with van der Waals surface area (Å²) in [5.41, 5.74) is -1.41. The van der Waals surface area contributed by atoms with Gasteiger partial charge in [0.05, 0.1) is 12.2 Å². The molecule has 0 radical (unpaired) electrons. The molecule has 16 heavy (non-hydrogen) atoms. The second-order valence-corrected chi connectivity index (χ2v) is 2.72. The van der Waals surface area contributed by atoms with Gasteiger partial charge in [-0.3, -0.25) is 0 Å². The fourth-order valence-electron chi connectivity index (χ4n) is 1.03. The summed E-state index contributed by atoms with van der Waals surface area (Å²) in [5, 5.41) is 8.67. The number of pyridine rings is 1. The molecular weight excluding hydrogens is 237 g/mol. The Hall–Kier alpha value is -1.44. The minimum Gasteiger partial charge on any atom is -0.405 e. The minimum absolute atomic E-state index is 0.579. The predicted molar refractivity (Wildman–Crippen MR) is 41.6 cm³/mol. The van der Waals surface area contributed by atoms with Gasteiger partial charge >= 0.3 is 6.36 Å². The van der Waals surface area contributed by atoms with Crippen LogP contribution in [-0.2, 0) is 13.3 Å². The molecule has 8 heteroatoms. The third kappa shape index (κ3) is 2.78. The van der Waals surface area contributed by atoms with Gasteiger partial charge in [0.2, 0.25) is 5.95 Å². The molecule has 0 spiro atoms. The topological polar surface area (TPSA) is 42.4 Å². The average Bonchev–Trinajstić information content (AvgIpc) is 2.16. The van der Waals surface area contributed by atoms with Gasteiger partial charge in [0.15, 0.2) is 0 Å². The van der Waals surface area contributed by atoms with Crippen LogP contribution in [-0.4, -0.2) is 16.5 Å². The van der Waals surface area contributed by atoms with Crippen LogP contribution in [0.15, 0.2) is 6.20 Å². The summed E-state index contributed by atoms with van der Waals surface area (Å²) < 4.78 is 64.5. The number of nitrogens with zero attached hydrogens (tertiary/aromatic N) is 1. The first-order chi connectivity index (χ1) is 7.39. The first-order valence-corrected chi connectivity index (χ1v) is 3.98. The molecule has 1 rings (SSSR count). The number of aromatic nitrogens is 1. The molecule has 0 aliphatic rings. The molecule has 3 nitrogen and oxygen atoms in total. The van der Waals surface area contributed by atoms with Crippen LogP contribution in [0.3, 0.4) is 0 Å². The van der Waals surface area contributed by atoms with Crippen molar-refractivity contribution in [3.63, 3.8) is 0 Å². The Morgan fingerprint density at radius 2 is 2.00 bits per heavy atom. The summed E-state index contributed by atoms with van der Waals surface area (Å²) in [5.74, 6) is -2.41. The van der Waals surface area contributed by atoms with Crippen molar-refractivity contribution in [2.24, 2.45) is 0 Å². The Morgan fingerprint density at radius 3 is 2.44 bits per heavy atom. The molecule has 0 unspecified atom stereocenters. The maximum atomic E-state index is 12.9. The van der Waals surface area contributed by atoms with E-state index in [9.17, 15) is 22.0 Å². The Balaban J connectivity index is 3.25. The molecular formula is C8H6F5NO2. The van der Waals surface area contributed by atoms with Gasteiger partial charge in [-0.1, -0.05) is 0 Å². The molecule has 0 amide bonds. The van der Waals surface area contributed by atoms with E-state index < -0.39 is 42.5 Å². The summed E-state index contributed by atoms with van der Waals surface area (Å²) in [6.07, 6.45) is -4.52. The van der Waals surface area contributed by atoms with Crippen LogP contribution in [0.5, 0.6) is 5.75 Å². The summed E-state index contributed by atoms with van der Waals surface area (Å²) in [7, 11) is 0. The number of halogens is 5. The molecule has 1 aromatic heterocycles. The molecule has 0 aliphatic carbocycles. The van der Waals surface area contributed by atoms with Gasteiger partial charge in [0, 0.05) is 11.8 Å². The zero-order valence-electron chi connectivity index (χ0n) is 7.68. The molecule has 1 heterocycles. The third-order valence-electron chi connectivity index (χ3n) is 1.67. The van der Waals surface area contributed by atoms with Gasteiger partial charge in [0.25, 0.3) is 0 Å². The fraction of sp³-hybridized carbons (Fsp3) is 0.375. The molecule has 0 atom stereocenters. The lowest BCUT2D eigenvalue weighted by atomic mass is 10.2. The molecule has 0 aliphatic heterocycles. The van der Waals surface area contributed by atoms with Gasteiger partial charge in [0.1, 0.15) is 12.4 Å². The summed E-state index contributed by atoms with van der Waals surface area (Å²) in [4.78, 5) is 3.00. The SMILES string of the molecule is OCc1c(F)ncc(CF)c1OC(F)(F)F. The maximum absolute atomic E-state index is 12.9. The van der Waals surface area contributed by atoms with Gasteiger partial charge < -0.3 is 9.84 Å². The van der Waals surface area contributed by atoms with Crippen LogP contribution in [0.1, 0.15) is 11.1 Å². The van der Waals surface area contributed by atoms with Crippen molar-refractivity contribution in [3.8, 4) is 5.75 Å². The van der Waals surface area contributed by atoms with Crippen LogP contribution in [0, 0.1) is 5.95 Å². The van der Waals surface area contributed by atoms with E-state index in [1.54, 1.807) is 0 Å². The summed E-state index contributed by atoms with van der Waals surface area (Å²) in [6.45, 7) is -2.39. The highest BCUT2D eigenvalue weighted by Gasteiger charge is 2.34. The van der Waals surface area contributed by atoms with Gasteiger partial charge in [-0.25, -0.2) is 9.37 Å². The predicted octanol–water partition coefficient (Wildman–Crippen LogP) is 2.08. The number of rotatable bonds is 3. The van der Waals surface area contributed by atoms with E-state index in [4.69, 9.17) is 5.11 Å². The summed E-state index contributed by atoms with van der Waals surface area (Å²) in [6, 6.07) is 0. The molecule has 0 saturated heterocycles. The lowest BCUT2D eigenvalue weighted by Crippen LogP contribution is -2.20. The smallest absolute Gasteiger partial charge is 0.405 e. The number of alkyl halides is 4. The molecule has 0 fully saturated rings. The first kappa shape index (κ1) is 12.6. The number of ether oxygens (including phenoxy) is 1. The highest BCUT2D eigenvalue weighted by molar-refractivity contribution is 5.39. The van der Waals surface area contributed by atoms with Gasteiger partial charge in [-0.15, -0.1) is 13.2 Å². The second-order valence-electron chi connectivity index (χ2n) is 2.72. The van der Waals surface area contributed by atoms with Crippen LogP contribution >= 0.6 is 0 Å². The van der Waals surface area contributed by atoms with Crippen molar-refractivity contribution >= 4 is 0 Å². The quantitative estimate of drug-likeness (QED) is 0.652. The van der Waals surface area contributed by atoms with Crippen molar-refractivity contribution in [2.75, 3.05) is 0 Å². The van der Waals surface area contributed by atoms with E-state index >= 15 is 0 Å². The van der Waals surface area contributed by atoms with E-state index in [0.717, 1.165) is 0 Å². The number of hydrogen-bond donors (Lipinski definition) is 1. The van der Waals surface area contributed by atoms with E-state index in [2.05, 4.69) is 9.72 Å². The standard InChI is InChI=1S/C8H6F5NO2/c9-1-4-2-14-7(10)5(3-15)6(4)16-8(11,12)13/h2,15H,1,3H2. The largest absolute Gasteiger partial charge is 0.573 e. The highest BCUT2D eigenvalue weighted by atomic mass is 19.4. The first-order valence-electron chi connectivity index (χ1n) is 3.98. The van der Waals surface area contributed by atoms with Crippen molar-refractivity contribution in [1.82, 2.24) is 4.98 Å². The van der Waals surface area contributed by atoms with E-state index in [1.165, 1.54) is 0 Å². The molecule has 1 N–H and O–H groups in total. The average molecular weight is 243 g/mol. The van der Waals surface area contributed by atoms with Crippen molar-refractivity contribution in [3.05, 3.63) is 23.3 Å². The lowest BCUT2D eigenvalue weighted by molar-refractivity contribution is -0.275. The van der Waals surface area contributed by atoms with E-state index in [0.29, 0.717) is 6.20 Å². The maximum Gasteiger partial charge on any atom is 0.573 e. The van der Waals surface area contributed by atoms with E-state index in [1.807, 2.05) is 0 Å². The van der Waals surface area contributed by atoms with Crippen molar-refractivity contribution in [2.45, 2.75) is 19.6 Å². The highest BCUT2D eigenvalue weighted by Crippen LogP contribution is 2.31. The molecule has 0 saturated carbocycles. The zero-order chi connectivity index (χ0) is 12.3. The van der Waals surface area contributed by atoms with Crippen molar-refractivity contribution in [1.29, 1.82) is 0 Å². The third-order valence-corrected chi connectivity index (χ3v) is 1.67. The summed E-state index contributed by atoms with van der Waals surface area (Å²) >= 11 is 0. The fourth-order valence-corrected chi connectivity index (χ4v) is 1.03. The number of aliphatic hydroxyl groups excluding tert-OH is 1. The van der Waals surface area contributed by atoms with Crippen LogP contribution in [0.25, 0.3) is 0 Å². The Kier molecular flexibility index (Phi) is 3.63. The molecule has 0 aromatic carbocycles. The molecule has 1 aromatic rings. The monoisotopic (exact) mass is 243 g/mol. The van der Waals surface area contributed by atoms with Crippen molar-refractivity contribution < 1.29 is 31.8 Å². The normalized spacial score (nSPS) is 11.6. The Labute approximate surface area is 86.5 Å². The van der Waals surface area contributed by atoms with E-state index in [-0.39, 0.29) is 0 Å². The second kappa shape index (κ2) is 4.60. The minimum atomic E-state index is -5.10. The Bertz CT molecular complexity index is 379. The number of aliphatic hydroxyl groups is 1. The van der Waals surface area contributed by atoms with Crippen LogP contribution in [0.4, 0.5) is 22.0 Å². The Morgan fingerprint density at radius 1 is 1.38 bits per heavy atom. The molecule has 90 valence electrons. The van der Waals surface area contributed by atoms with Crippen LogP contribution < -0.4 is 4.74 Å². The van der Waals surface area contributed by atoms with Gasteiger partial charge in [-0.2, -0.15) is 4.39 Å². The number of hydrogen-bond acceptors (Lipinski definition) is 3. The van der Waals surface area contributed by atoms with Crippen LogP contribution in [0.2, 0.25) is 0 Å². The van der Waals surface area contributed by atoms with Gasteiger partial charge in [-0.05, 0) is 0 Å². The zero-order valence-corrected chi connectivity index (χ0v) is 7.68. The molecule has 0 bridgehead atoms.